The summed E-state index contributed by atoms with van der Waals surface area (Å²) < 4.78 is 5.58. The van der Waals surface area contributed by atoms with Gasteiger partial charge in [-0.25, -0.2) is 0 Å². The van der Waals surface area contributed by atoms with Crippen LogP contribution in [-0.2, 0) is 6.54 Å². The summed E-state index contributed by atoms with van der Waals surface area (Å²) in [7, 11) is 0. The standard InChI is InChI=1S/C14H18N2O.ClH/c1-2-5-14-13(4-1)12(11-17-14)10-16-8-3-6-15-7-9-16;/h1-2,4-5,11,15H,3,6-10H2;1H. The molecule has 0 bridgehead atoms. The van der Waals surface area contributed by atoms with Crippen LogP contribution >= 0.6 is 12.4 Å². The lowest BCUT2D eigenvalue weighted by Crippen LogP contribution is -2.27. The molecule has 3 rings (SSSR count). The van der Waals surface area contributed by atoms with E-state index in [9.17, 15) is 0 Å². The Morgan fingerprint density at radius 1 is 1.17 bits per heavy atom. The van der Waals surface area contributed by atoms with E-state index in [0.717, 1.165) is 31.8 Å². The Balaban J connectivity index is 0.00000120. The maximum atomic E-state index is 5.58. The lowest BCUT2D eigenvalue weighted by atomic mass is 10.1. The predicted molar refractivity (Wildman–Crippen MR) is 76.2 cm³/mol. The Labute approximate surface area is 114 Å². The molecule has 0 saturated carbocycles. The minimum atomic E-state index is 0. The quantitative estimate of drug-likeness (QED) is 0.906. The monoisotopic (exact) mass is 266 g/mol. The zero-order valence-electron chi connectivity index (χ0n) is 10.4. The molecule has 2 aromatic rings. The number of hydrogen-bond acceptors (Lipinski definition) is 3. The average molecular weight is 267 g/mol. The third kappa shape index (κ3) is 2.86. The second-order valence-corrected chi connectivity index (χ2v) is 4.64. The molecule has 1 fully saturated rings. The van der Waals surface area contributed by atoms with E-state index in [0.29, 0.717) is 0 Å². The fourth-order valence-electron chi connectivity index (χ4n) is 2.46. The first-order valence-electron chi connectivity index (χ1n) is 6.32. The van der Waals surface area contributed by atoms with Crippen LogP contribution in [0.3, 0.4) is 0 Å². The number of benzene rings is 1. The van der Waals surface area contributed by atoms with Gasteiger partial charge in [-0.3, -0.25) is 4.90 Å². The summed E-state index contributed by atoms with van der Waals surface area (Å²) in [5.41, 5.74) is 2.30. The Bertz CT molecular complexity index is 489. The maximum Gasteiger partial charge on any atom is 0.134 e. The highest BCUT2D eigenvalue weighted by Gasteiger charge is 2.12. The lowest BCUT2D eigenvalue weighted by molar-refractivity contribution is 0.284. The first-order valence-corrected chi connectivity index (χ1v) is 6.32. The van der Waals surface area contributed by atoms with E-state index < -0.39 is 0 Å². The van der Waals surface area contributed by atoms with Crippen molar-refractivity contribution in [2.45, 2.75) is 13.0 Å². The van der Waals surface area contributed by atoms with Gasteiger partial charge >= 0.3 is 0 Å². The highest BCUT2D eigenvalue weighted by Crippen LogP contribution is 2.22. The molecule has 1 aromatic carbocycles. The van der Waals surface area contributed by atoms with Gasteiger partial charge in [-0.05, 0) is 25.6 Å². The number of halogens is 1. The SMILES string of the molecule is Cl.c1ccc2c(CN3CCCNCC3)coc2c1. The van der Waals surface area contributed by atoms with Crippen molar-refractivity contribution in [1.82, 2.24) is 10.2 Å². The Hall–Kier alpha value is -1.03. The Morgan fingerprint density at radius 2 is 2.06 bits per heavy atom. The molecule has 3 nitrogen and oxygen atoms in total. The molecule has 1 aliphatic heterocycles. The van der Waals surface area contributed by atoms with Gasteiger partial charge in [0.15, 0.2) is 0 Å². The molecule has 0 radical (unpaired) electrons. The minimum Gasteiger partial charge on any atom is -0.464 e. The molecule has 0 spiro atoms. The number of nitrogens with one attached hydrogen (secondary N) is 1. The second kappa shape index (κ2) is 6.23. The molecule has 1 saturated heterocycles. The largest absolute Gasteiger partial charge is 0.464 e. The van der Waals surface area contributed by atoms with Gasteiger partial charge in [-0.1, -0.05) is 18.2 Å². The lowest BCUT2D eigenvalue weighted by Gasteiger charge is -2.18. The van der Waals surface area contributed by atoms with Crippen LogP contribution in [0.5, 0.6) is 0 Å². The number of para-hydroxylation sites is 1. The predicted octanol–water partition coefficient (Wildman–Crippen LogP) is 2.65. The van der Waals surface area contributed by atoms with Crippen LogP contribution in [0, 0.1) is 0 Å². The van der Waals surface area contributed by atoms with Crippen LogP contribution in [0.1, 0.15) is 12.0 Å². The Kier molecular flexibility index (Phi) is 4.64. The number of furan rings is 1. The van der Waals surface area contributed by atoms with Crippen molar-refractivity contribution >= 4 is 23.4 Å². The molecule has 4 heteroatoms. The number of hydrogen-bond donors (Lipinski definition) is 1. The molecule has 0 atom stereocenters. The third-order valence-electron chi connectivity index (χ3n) is 3.39. The molecule has 1 aromatic heterocycles. The molecule has 18 heavy (non-hydrogen) atoms. The zero-order chi connectivity index (χ0) is 11.5. The van der Waals surface area contributed by atoms with E-state index in [1.54, 1.807) is 0 Å². The van der Waals surface area contributed by atoms with Gasteiger partial charge in [-0.2, -0.15) is 0 Å². The van der Waals surface area contributed by atoms with Crippen molar-refractivity contribution in [3.8, 4) is 0 Å². The average Bonchev–Trinajstić information content (AvgIpc) is 2.59. The summed E-state index contributed by atoms with van der Waals surface area (Å²) >= 11 is 0. The van der Waals surface area contributed by atoms with Crippen molar-refractivity contribution in [3.63, 3.8) is 0 Å². The van der Waals surface area contributed by atoms with Crippen LogP contribution in [0.15, 0.2) is 34.9 Å². The Morgan fingerprint density at radius 3 is 3.00 bits per heavy atom. The van der Waals surface area contributed by atoms with Gasteiger partial charge < -0.3 is 9.73 Å². The molecule has 0 aliphatic carbocycles. The fraction of sp³-hybridized carbons (Fsp3) is 0.429. The maximum absolute atomic E-state index is 5.58. The molecular formula is C14H19ClN2O. The van der Waals surface area contributed by atoms with Crippen molar-refractivity contribution in [2.75, 3.05) is 26.2 Å². The second-order valence-electron chi connectivity index (χ2n) is 4.64. The van der Waals surface area contributed by atoms with Crippen LogP contribution in [0.4, 0.5) is 0 Å². The summed E-state index contributed by atoms with van der Waals surface area (Å²) in [4.78, 5) is 2.50. The van der Waals surface area contributed by atoms with Crippen molar-refractivity contribution in [2.24, 2.45) is 0 Å². The van der Waals surface area contributed by atoms with Gasteiger partial charge in [0.1, 0.15) is 5.58 Å². The number of fused-ring (bicyclic) bond motifs is 1. The number of rotatable bonds is 2. The molecule has 0 amide bonds. The van der Waals surface area contributed by atoms with Gasteiger partial charge in [0.25, 0.3) is 0 Å². The van der Waals surface area contributed by atoms with Gasteiger partial charge in [-0.15, -0.1) is 12.4 Å². The van der Waals surface area contributed by atoms with E-state index in [4.69, 9.17) is 4.42 Å². The first-order chi connectivity index (χ1) is 8.43. The van der Waals surface area contributed by atoms with Crippen molar-refractivity contribution < 1.29 is 4.42 Å². The highest BCUT2D eigenvalue weighted by molar-refractivity contribution is 5.85. The molecule has 0 unspecified atom stereocenters. The van der Waals surface area contributed by atoms with Gasteiger partial charge in [0, 0.05) is 30.6 Å². The summed E-state index contributed by atoms with van der Waals surface area (Å²) in [5, 5.41) is 4.68. The summed E-state index contributed by atoms with van der Waals surface area (Å²) in [6.07, 6.45) is 3.14. The van der Waals surface area contributed by atoms with E-state index in [1.165, 1.54) is 23.9 Å². The van der Waals surface area contributed by atoms with Crippen molar-refractivity contribution in [3.05, 3.63) is 36.1 Å². The van der Waals surface area contributed by atoms with Crippen LogP contribution in [0.25, 0.3) is 11.0 Å². The number of nitrogens with zero attached hydrogens (tertiary/aromatic N) is 1. The summed E-state index contributed by atoms with van der Waals surface area (Å²) in [6, 6.07) is 8.27. The van der Waals surface area contributed by atoms with Gasteiger partial charge in [0.05, 0.1) is 6.26 Å². The smallest absolute Gasteiger partial charge is 0.134 e. The molecule has 1 N–H and O–H groups in total. The van der Waals surface area contributed by atoms with E-state index in [2.05, 4.69) is 22.3 Å². The first kappa shape index (κ1) is 13.4. The van der Waals surface area contributed by atoms with Crippen LogP contribution in [-0.4, -0.2) is 31.1 Å². The summed E-state index contributed by atoms with van der Waals surface area (Å²) in [5.74, 6) is 0. The fourth-order valence-corrected chi connectivity index (χ4v) is 2.46. The van der Waals surface area contributed by atoms with E-state index in [-0.39, 0.29) is 12.4 Å². The topological polar surface area (TPSA) is 28.4 Å². The summed E-state index contributed by atoms with van der Waals surface area (Å²) in [6.45, 7) is 5.53. The zero-order valence-corrected chi connectivity index (χ0v) is 11.2. The van der Waals surface area contributed by atoms with E-state index in [1.807, 2.05) is 18.4 Å². The normalized spacial score (nSPS) is 17.3. The molecular weight excluding hydrogens is 248 g/mol. The van der Waals surface area contributed by atoms with Gasteiger partial charge in [0.2, 0.25) is 0 Å². The third-order valence-corrected chi connectivity index (χ3v) is 3.39. The molecule has 2 heterocycles. The van der Waals surface area contributed by atoms with E-state index >= 15 is 0 Å². The van der Waals surface area contributed by atoms with Crippen LogP contribution < -0.4 is 5.32 Å². The van der Waals surface area contributed by atoms with Crippen molar-refractivity contribution in [1.29, 1.82) is 0 Å². The molecule has 1 aliphatic rings. The highest BCUT2D eigenvalue weighted by atomic mass is 35.5. The molecule has 98 valence electrons. The minimum absolute atomic E-state index is 0. The van der Waals surface area contributed by atoms with Crippen LogP contribution in [0.2, 0.25) is 0 Å².